The monoisotopic (exact) mass is 578 g/mol. The number of carboxylic acid groups (broad SMARTS) is 1. The number of carbonyl (C=O) groups excluding carboxylic acids is 1. The number of fused-ring (bicyclic) bond motifs is 6. The van der Waals surface area contributed by atoms with Gasteiger partial charge in [0.2, 0.25) is 0 Å². The van der Waals surface area contributed by atoms with Crippen molar-refractivity contribution in [1.29, 1.82) is 0 Å². The Balaban J connectivity index is 1.67. The van der Waals surface area contributed by atoms with E-state index >= 15 is 0 Å². The van der Waals surface area contributed by atoms with E-state index in [0.717, 1.165) is 57.2 Å². The summed E-state index contributed by atoms with van der Waals surface area (Å²) in [6.45, 7) is 14.6. The molecule has 6 rings (SSSR count). The van der Waals surface area contributed by atoms with Crippen molar-refractivity contribution >= 4 is 41.0 Å². The molecule has 222 valence electrons. The van der Waals surface area contributed by atoms with Crippen LogP contribution in [0.4, 0.5) is 0 Å². The lowest BCUT2D eigenvalue weighted by atomic mass is 9.78. The van der Waals surface area contributed by atoms with Gasteiger partial charge in [0.1, 0.15) is 5.76 Å². The molecule has 0 unspecified atom stereocenters. The third kappa shape index (κ3) is 4.55. The molecule has 5 heterocycles. The molecule has 1 aromatic rings. The number of hydrogen-bond donors (Lipinski definition) is 3. The maximum Gasteiger partial charge on any atom is 0.303 e. The Morgan fingerprint density at radius 1 is 1.02 bits per heavy atom. The number of nitrogens with zero attached hydrogens (tertiary/aromatic N) is 3. The van der Waals surface area contributed by atoms with Crippen LogP contribution in [0.15, 0.2) is 71.8 Å². The van der Waals surface area contributed by atoms with E-state index in [2.05, 4.69) is 58.7 Å². The van der Waals surface area contributed by atoms with Crippen LogP contribution >= 0.6 is 0 Å². The van der Waals surface area contributed by atoms with Gasteiger partial charge in [0.25, 0.3) is 0 Å². The van der Waals surface area contributed by atoms with Gasteiger partial charge in [-0.1, -0.05) is 27.7 Å². The third-order valence-corrected chi connectivity index (χ3v) is 9.49. The molecule has 0 saturated carbocycles. The van der Waals surface area contributed by atoms with Gasteiger partial charge in [0, 0.05) is 40.9 Å². The number of hydrogen-bond acceptors (Lipinski definition) is 6. The van der Waals surface area contributed by atoms with Crippen LogP contribution in [0.5, 0.6) is 0 Å². The summed E-state index contributed by atoms with van der Waals surface area (Å²) in [6, 6.07) is 0. The molecule has 1 aromatic heterocycles. The van der Waals surface area contributed by atoms with E-state index in [9.17, 15) is 19.8 Å². The van der Waals surface area contributed by atoms with Crippen LogP contribution in [0.2, 0.25) is 0 Å². The van der Waals surface area contributed by atoms with Gasteiger partial charge >= 0.3 is 5.97 Å². The lowest BCUT2D eigenvalue weighted by Gasteiger charge is -2.23. The molecule has 4 aliphatic heterocycles. The Hall–Kier alpha value is -4.33. The number of aliphatic hydroxyl groups is 1. The summed E-state index contributed by atoms with van der Waals surface area (Å²) < 4.78 is 0. The number of carbonyl (C=O) groups is 2. The average molecular weight is 579 g/mol. The Morgan fingerprint density at radius 2 is 1.74 bits per heavy atom. The summed E-state index contributed by atoms with van der Waals surface area (Å²) in [6.07, 6.45) is 7.10. The second-order valence-corrected chi connectivity index (χ2v) is 12.4. The van der Waals surface area contributed by atoms with Crippen molar-refractivity contribution in [2.45, 2.75) is 80.1 Å². The molecule has 0 saturated heterocycles. The molecule has 5 aliphatic rings. The van der Waals surface area contributed by atoms with Gasteiger partial charge < -0.3 is 15.2 Å². The van der Waals surface area contributed by atoms with Crippen LogP contribution in [0.25, 0.3) is 12.2 Å². The molecular formula is C35H38N4O4. The molecule has 0 fully saturated rings. The molecule has 0 amide bonds. The maximum absolute atomic E-state index is 13.3. The van der Waals surface area contributed by atoms with Gasteiger partial charge in [-0.15, -0.1) is 0 Å². The van der Waals surface area contributed by atoms with E-state index in [1.807, 2.05) is 13.0 Å². The number of aliphatic hydroxyl groups excluding tert-OH is 1. The standard InChI is InChI=1S/C35H38N4O4/c1-8-20-16(4)22-13-27-31(15(2)3)18(6)24(37-27)11-23-17(5)21(9-10-30(42)43)34(38-23)33-29(41)14-28(40)32-19(7)25(39-35(32)33)12-26(20)36-22/h11-13,15,17,21,37,41H,8-10,14H2,1-7H3,(H,42,43)/t17-,21-/m0/s1. The number of nitrogens with one attached hydrogen (secondary N) is 1. The normalized spacial score (nSPS) is 23.1. The summed E-state index contributed by atoms with van der Waals surface area (Å²) in [5.74, 6) is -1.25. The van der Waals surface area contributed by atoms with Crippen molar-refractivity contribution in [3.8, 4) is 0 Å². The molecule has 8 nitrogen and oxygen atoms in total. The van der Waals surface area contributed by atoms with Gasteiger partial charge in [-0.25, -0.2) is 9.98 Å². The maximum atomic E-state index is 13.3. The minimum atomic E-state index is -0.885. The average Bonchev–Trinajstić information content (AvgIpc) is 3.61. The zero-order valence-electron chi connectivity index (χ0n) is 25.8. The number of rotatable bonds is 5. The predicted molar refractivity (Wildman–Crippen MR) is 170 cm³/mol. The van der Waals surface area contributed by atoms with Crippen LogP contribution in [-0.4, -0.2) is 44.1 Å². The summed E-state index contributed by atoms with van der Waals surface area (Å²) in [5, 5.41) is 20.9. The Labute approximate surface area is 251 Å². The number of aliphatic imine (C=N–C) groups is 3. The molecule has 0 spiro atoms. The van der Waals surface area contributed by atoms with Gasteiger partial charge in [-0.3, -0.25) is 14.6 Å². The van der Waals surface area contributed by atoms with Crippen LogP contribution < -0.4 is 0 Å². The van der Waals surface area contributed by atoms with E-state index in [1.54, 1.807) is 0 Å². The fraction of sp³-hybridized carbons (Fsp3) is 0.400. The van der Waals surface area contributed by atoms with Gasteiger partial charge in [0.15, 0.2) is 5.78 Å². The molecule has 0 radical (unpaired) electrons. The van der Waals surface area contributed by atoms with Crippen molar-refractivity contribution in [3.05, 3.63) is 79.3 Å². The first-order valence-corrected chi connectivity index (χ1v) is 15.1. The highest BCUT2D eigenvalue weighted by molar-refractivity contribution is 6.42. The van der Waals surface area contributed by atoms with Crippen molar-refractivity contribution in [1.82, 2.24) is 4.98 Å². The first kappa shape index (κ1) is 28.8. The van der Waals surface area contributed by atoms with E-state index in [0.29, 0.717) is 34.7 Å². The zero-order valence-corrected chi connectivity index (χ0v) is 25.8. The molecule has 8 heteroatoms. The number of aromatic nitrogens is 1. The Bertz CT molecular complexity index is 1800. The number of aromatic amines is 1. The SMILES string of the molecule is CCC1=C(C)C2=Cc3[nH]c(c(C)c3C(C)C)C=C3N=C(C4=C(O)CC(=O)C5=C(C)C(=CC1=N2)N=C45)[C@@H](CCC(=O)O)[C@@H]3C. The lowest BCUT2D eigenvalue weighted by Crippen LogP contribution is -2.30. The van der Waals surface area contributed by atoms with E-state index < -0.39 is 5.97 Å². The molecule has 0 aromatic carbocycles. The lowest BCUT2D eigenvalue weighted by molar-refractivity contribution is -0.137. The van der Waals surface area contributed by atoms with Crippen LogP contribution in [0, 0.1) is 18.8 Å². The highest BCUT2D eigenvalue weighted by atomic mass is 16.4. The highest BCUT2D eigenvalue weighted by Crippen LogP contribution is 2.44. The van der Waals surface area contributed by atoms with Crippen LogP contribution in [0.1, 0.15) is 95.7 Å². The molecule has 1 aliphatic carbocycles. The van der Waals surface area contributed by atoms with Crippen molar-refractivity contribution in [2.24, 2.45) is 26.8 Å². The van der Waals surface area contributed by atoms with Crippen LogP contribution in [-0.2, 0) is 9.59 Å². The molecule has 43 heavy (non-hydrogen) atoms. The Kier molecular flexibility index (Phi) is 6.98. The van der Waals surface area contributed by atoms with Gasteiger partial charge in [-0.2, -0.15) is 0 Å². The number of ketones is 1. The van der Waals surface area contributed by atoms with E-state index in [1.165, 1.54) is 5.56 Å². The fourth-order valence-corrected chi connectivity index (χ4v) is 7.20. The quantitative estimate of drug-likeness (QED) is 0.338. The molecular weight excluding hydrogens is 540 g/mol. The van der Waals surface area contributed by atoms with Crippen molar-refractivity contribution in [2.75, 3.05) is 0 Å². The topological polar surface area (TPSA) is 127 Å². The fourth-order valence-electron chi connectivity index (χ4n) is 7.20. The van der Waals surface area contributed by atoms with Crippen LogP contribution in [0.3, 0.4) is 0 Å². The third-order valence-electron chi connectivity index (χ3n) is 9.49. The second-order valence-electron chi connectivity index (χ2n) is 12.4. The number of allylic oxidation sites excluding steroid dienone is 8. The predicted octanol–water partition coefficient (Wildman–Crippen LogP) is 7.33. The number of carboxylic acids is 1. The number of Topliss-reactive ketones (excluding diaryl/α,β-unsaturated/α-hetero) is 1. The first-order valence-electron chi connectivity index (χ1n) is 15.1. The molecule has 3 N–H and O–H groups in total. The minimum absolute atomic E-state index is 0.0321. The summed E-state index contributed by atoms with van der Waals surface area (Å²) in [5.41, 5.74) is 12.4. The molecule has 2 atom stereocenters. The van der Waals surface area contributed by atoms with E-state index in [-0.39, 0.29) is 42.1 Å². The second kappa shape index (κ2) is 10.4. The highest BCUT2D eigenvalue weighted by Gasteiger charge is 2.43. The van der Waals surface area contributed by atoms with Crippen molar-refractivity contribution in [3.63, 3.8) is 0 Å². The summed E-state index contributed by atoms with van der Waals surface area (Å²) in [4.78, 5) is 43.7. The number of H-pyrrole nitrogens is 1. The molecule has 8 bridgehead atoms. The van der Waals surface area contributed by atoms with E-state index in [4.69, 9.17) is 15.0 Å². The minimum Gasteiger partial charge on any atom is -0.511 e. The largest absolute Gasteiger partial charge is 0.511 e. The summed E-state index contributed by atoms with van der Waals surface area (Å²) in [7, 11) is 0. The number of aliphatic carboxylic acids is 1. The van der Waals surface area contributed by atoms with Gasteiger partial charge in [-0.05, 0) is 85.6 Å². The Morgan fingerprint density at radius 3 is 2.42 bits per heavy atom. The first-order chi connectivity index (χ1) is 20.4. The van der Waals surface area contributed by atoms with Gasteiger partial charge in [0.05, 0.1) is 40.5 Å². The smallest absolute Gasteiger partial charge is 0.303 e. The summed E-state index contributed by atoms with van der Waals surface area (Å²) >= 11 is 0. The van der Waals surface area contributed by atoms with Crippen molar-refractivity contribution < 1.29 is 19.8 Å². The zero-order chi connectivity index (χ0) is 30.9.